The van der Waals surface area contributed by atoms with Gasteiger partial charge in [0.15, 0.2) is 0 Å². The van der Waals surface area contributed by atoms with E-state index in [-0.39, 0.29) is 5.92 Å². The summed E-state index contributed by atoms with van der Waals surface area (Å²) in [7, 11) is 0. The molecule has 184 valence electrons. The van der Waals surface area contributed by atoms with Crippen molar-refractivity contribution in [3.8, 4) is 0 Å². The molecule has 0 bridgehead atoms. The lowest BCUT2D eigenvalue weighted by molar-refractivity contribution is -0.144. The first-order valence-corrected chi connectivity index (χ1v) is 10.4. The van der Waals surface area contributed by atoms with Crippen molar-refractivity contribution in [3.05, 3.63) is 0 Å². The average molecular weight is 462 g/mol. The molecule has 13 heteroatoms. The summed E-state index contributed by atoms with van der Waals surface area (Å²) in [6.07, 6.45) is 1.31. The third-order valence-electron chi connectivity index (χ3n) is 4.91. The van der Waals surface area contributed by atoms with Crippen LogP contribution in [0, 0.1) is 5.92 Å². The van der Waals surface area contributed by atoms with E-state index in [1.807, 2.05) is 5.32 Å². The molecule has 5 unspecified atom stereocenters. The van der Waals surface area contributed by atoms with Crippen LogP contribution in [0.25, 0.3) is 0 Å². The summed E-state index contributed by atoms with van der Waals surface area (Å²) < 4.78 is 0. The molecule has 0 aromatic carbocycles. The Morgan fingerprint density at radius 2 is 1.50 bits per heavy atom. The van der Waals surface area contributed by atoms with Crippen molar-refractivity contribution in [1.29, 1.82) is 0 Å². The number of rotatable bonds is 16. The largest absolute Gasteiger partial charge is 0.481 e. The van der Waals surface area contributed by atoms with Crippen LogP contribution in [0.1, 0.15) is 46.0 Å². The Labute approximate surface area is 186 Å². The summed E-state index contributed by atoms with van der Waals surface area (Å²) in [5.74, 6) is -5.84. The first-order valence-electron chi connectivity index (χ1n) is 10.4. The van der Waals surface area contributed by atoms with E-state index < -0.39 is 66.9 Å². The normalized spacial score (nSPS) is 15.5. The van der Waals surface area contributed by atoms with Crippen LogP contribution in [0.15, 0.2) is 0 Å². The number of unbranched alkanes of at least 4 members (excludes halogenated alkanes) is 1. The zero-order valence-corrected chi connectivity index (χ0v) is 18.4. The number of carboxylic acids is 2. The van der Waals surface area contributed by atoms with Crippen molar-refractivity contribution in [3.63, 3.8) is 0 Å². The molecule has 3 amide bonds. The van der Waals surface area contributed by atoms with Gasteiger partial charge in [0, 0.05) is 0 Å². The van der Waals surface area contributed by atoms with Crippen molar-refractivity contribution >= 4 is 29.7 Å². The molecule has 0 saturated heterocycles. The predicted octanol–water partition coefficient (Wildman–Crippen LogP) is -2.51. The van der Waals surface area contributed by atoms with Crippen LogP contribution in [0.4, 0.5) is 0 Å². The lowest BCUT2D eigenvalue weighted by atomic mass is 9.97. The minimum absolute atomic E-state index is 0.361. The van der Waals surface area contributed by atoms with E-state index in [1.54, 1.807) is 13.8 Å². The Kier molecular flexibility index (Phi) is 13.8. The Hall–Kier alpha value is -2.77. The molecule has 0 saturated carbocycles. The monoisotopic (exact) mass is 461 g/mol. The van der Waals surface area contributed by atoms with Gasteiger partial charge in [-0.1, -0.05) is 26.7 Å². The van der Waals surface area contributed by atoms with Crippen molar-refractivity contribution in [2.45, 2.75) is 70.1 Å². The topological polar surface area (TPSA) is 234 Å². The van der Waals surface area contributed by atoms with Gasteiger partial charge in [0.1, 0.15) is 18.1 Å². The molecule has 5 atom stereocenters. The van der Waals surface area contributed by atoms with Gasteiger partial charge in [-0.25, -0.2) is 4.79 Å². The van der Waals surface area contributed by atoms with Crippen LogP contribution in [-0.2, 0) is 24.0 Å². The predicted molar refractivity (Wildman–Crippen MR) is 113 cm³/mol. The molecule has 0 spiro atoms. The van der Waals surface area contributed by atoms with Gasteiger partial charge in [-0.3, -0.25) is 19.2 Å². The van der Waals surface area contributed by atoms with E-state index >= 15 is 0 Å². The summed E-state index contributed by atoms with van der Waals surface area (Å²) in [4.78, 5) is 59.7. The fraction of sp³-hybridized carbons (Fsp3) is 0.737. The molecule has 0 fully saturated rings. The van der Waals surface area contributed by atoms with E-state index in [9.17, 15) is 24.0 Å². The Balaban J connectivity index is 5.40. The summed E-state index contributed by atoms with van der Waals surface area (Å²) in [6, 6.07) is -5.28. The molecule has 0 aliphatic rings. The number of carbonyl (C=O) groups is 5. The number of aliphatic hydroxyl groups is 1. The third kappa shape index (κ3) is 10.5. The molecule has 10 N–H and O–H groups in total. The maximum atomic E-state index is 12.8. The minimum Gasteiger partial charge on any atom is -0.481 e. The van der Waals surface area contributed by atoms with Crippen molar-refractivity contribution in [2.24, 2.45) is 17.4 Å². The van der Waals surface area contributed by atoms with Gasteiger partial charge >= 0.3 is 11.9 Å². The van der Waals surface area contributed by atoms with E-state index in [2.05, 4.69) is 10.6 Å². The van der Waals surface area contributed by atoms with E-state index in [0.717, 1.165) is 0 Å². The number of nitrogens with one attached hydrogen (secondary N) is 3. The minimum atomic E-state index is -1.67. The van der Waals surface area contributed by atoms with Gasteiger partial charge in [0.25, 0.3) is 0 Å². The third-order valence-corrected chi connectivity index (χ3v) is 4.91. The highest BCUT2D eigenvalue weighted by atomic mass is 16.4. The van der Waals surface area contributed by atoms with Crippen LogP contribution >= 0.6 is 0 Å². The van der Waals surface area contributed by atoms with Gasteiger partial charge in [0.2, 0.25) is 17.7 Å². The van der Waals surface area contributed by atoms with E-state index in [4.69, 9.17) is 26.8 Å². The smallest absolute Gasteiger partial charge is 0.328 e. The maximum Gasteiger partial charge on any atom is 0.328 e. The van der Waals surface area contributed by atoms with Crippen molar-refractivity contribution < 1.29 is 39.3 Å². The highest BCUT2D eigenvalue weighted by Gasteiger charge is 2.33. The fourth-order valence-corrected chi connectivity index (χ4v) is 2.71. The lowest BCUT2D eigenvalue weighted by Gasteiger charge is -2.27. The number of carbonyl (C=O) groups excluding carboxylic acids is 3. The van der Waals surface area contributed by atoms with Crippen LogP contribution < -0.4 is 27.4 Å². The van der Waals surface area contributed by atoms with Gasteiger partial charge < -0.3 is 42.7 Å². The van der Waals surface area contributed by atoms with E-state index in [1.165, 1.54) is 0 Å². The van der Waals surface area contributed by atoms with Crippen molar-refractivity contribution in [1.82, 2.24) is 16.0 Å². The van der Waals surface area contributed by atoms with Crippen LogP contribution in [-0.4, -0.2) is 82.3 Å². The van der Waals surface area contributed by atoms with Gasteiger partial charge in [-0.2, -0.15) is 0 Å². The molecule has 0 aromatic rings. The fourth-order valence-electron chi connectivity index (χ4n) is 2.71. The highest BCUT2D eigenvalue weighted by molar-refractivity contribution is 5.95. The van der Waals surface area contributed by atoms with Gasteiger partial charge in [0.05, 0.1) is 19.1 Å². The molecule has 0 radical (unpaired) electrons. The summed E-state index contributed by atoms with van der Waals surface area (Å²) in [5, 5.41) is 33.8. The van der Waals surface area contributed by atoms with Crippen LogP contribution in [0.2, 0.25) is 0 Å². The second kappa shape index (κ2) is 15.1. The Morgan fingerprint density at radius 3 is 1.97 bits per heavy atom. The Morgan fingerprint density at radius 1 is 0.906 bits per heavy atom. The number of aliphatic carboxylic acids is 2. The maximum absolute atomic E-state index is 12.8. The van der Waals surface area contributed by atoms with Crippen LogP contribution in [0.5, 0.6) is 0 Å². The molecule has 32 heavy (non-hydrogen) atoms. The molecular weight excluding hydrogens is 426 g/mol. The van der Waals surface area contributed by atoms with Crippen LogP contribution in [0.3, 0.4) is 0 Å². The molecule has 0 aliphatic carbocycles. The zero-order chi connectivity index (χ0) is 24.8. The van der Waals surface area contributed by atoms with Crippen molar-refractivity contribution in [2.75, 3.05) is 13.2 Å². The second-order valence-corrected chi connectivity index (χ2v) is 7.50. The average Bonchev–Trinajstić information content (AvgIpc) is 2.73. The number of nitrogens with two attached hydrogens (primary N) is 2. The number of amides is 3. The quantitative estimate of drug-likeness (QED) is 0.112. The van der Waals surface area contributed by atoms with E-state index in [0.29, 0.717) is 32.2 Å². The SMILES string of the molecule is CCC(C)C(NC(=O)C(N)CCCCN)C(=O)NC(CC(=O)O)C(=O)NC(CO)C(=O)O. The summed E-state index contributed by atoms with van der Waals surface area (Å²) in [6.45, 7) is 2.99. The van der Waals surface area contributed by atoms with Gasteiger partial charge in [-0.05, 0) is 25.3 Å². The number of hydrogen-bond acceptors (Lipinski definition) is 8. The second-order valence-electron chi connectivity index (χ2n) is 7.50. The zero-order valence-electron chi connectivity index (χ0n) is 18.4. The number of hydrogen-bond donors (Lipinski definition) is 8. The molecule has 13 nitrogen and oxygen atoms in total. The molecular formula is C19H35N5O8. The standard InChI is InChI=1S/C19H35N5O8/c1-3-10(2)15(24-16(28)11(21)6-4-5-7-20)18(30)22-12(8-14(26)27)17(29)23-13(9-25)19(31)32/h10-13,15,25H,3-9,20-21H2,1-2H3,(H,22,30)(H,23,29)(H,24,28)(H,26,27)(H,31,32). The molecule has 0 heterocycles. The first-order chi connectivity index (χ1) is 15.0. The number of carboxylic acid groups (broad SMARTS) is 2. The molecule has 0 rings (SSSR count). The lowest BCUT2D eigenvalue weighted by Crippen LogP contribution is -2.59. The summed E-state index contributed by atoms with van der Waals surface area (Å²) >= 11 is 0. The first kappa shape index (κ1) is 29.2. The number of aliphatic hydroxyl groups excluding tert-OH is 1. The van der Waals surface area contributed by atoms with Gasteiger partial charge in [-0.15, -0.1) is 0 Å². The Bertz CT molecular complexity index is 660. The molecule has 0 aromatic heterocycles. The highest BCUT2D eigenvalue weighted by Crippen LogP contribution is 2.10. The molecule has 0 aliphatic heterocycles. The summed E-state index contributed by atoms with van der Waals surface area (Å²) in [5.41, 5.74) is 11.3.